The Bertz CT molecular complexity index is 574. The number of carbonyl (C=O) groups is 2. The Morgan fingerprint density at radius 3 is 1.45 bits per heavy atom. The largest absolute Gasteiger partial charge is 0.481 e. The van der Waals surface area contributed by atoms with E-state index in [1.165, 1.54) is 0 Å². The van der Waals surface area contributed by atoms with Crippen LogP contribution >= 0.6 is 0 Å². The molecule has 0 saturated carbocycles. The van der Waals surface area contributed by atoms with Gasteiger partial charge >= 0.3 is 11.9 Å². The van der Waals surface area contributed by atoms with E-state index in [2.05, 4.69) is 0 Å². The van der Waals surface area contributed by atoms with Gasteiger partial charge in [0.2, 0.25) is 0 Å². The summed E-state index contributed by atoms with van der Waals surface area (Å²) in [6, 6.07) is 0. The van der Waals surface area contributed by atoms with E-state index in [1.807, 2.05) is 27.7 Å². The van der Waals surface area contributed by atoms with Crippen LogP contribution < -0.4 is 0 Å². The van der Waals surface area contributed by atoms with E-state index in [1.54, 1.807) is 0 Å². The molecular weight excluding hydrogens is 423 g/mol. The van der Waals surface area contributed by atoms with Crippen LogP contribution in [-0.2, 0) is 19.7 Å². The van der Waals surface area contributed by atoms with Crippen molar-refractivity contribution in [3.8, 4) is 0 Å². The summed E-state index contributed by atoms with van der Waals surface area (Å²) in [5.74, 6) is -3.50. The Morgan fingerprint density at radius 2 is 1.24 bits per heavy atom. The van der Waals surface area contributed by atoms with E-state index in [-0.39, 0.29) is 76.1 Å². The molecule has 3 atom stereocenters. The van der Waals surface area contributed by atoms with Crippen LogP contribution in [0.2, 0.25) is 0 Å². The van der Waals surface area contributed by atoms with Crippen molar-refractivity contribution < 1.29 is 32.8 Å². The monoisotopic (exact) mass is 461 g/mol. The predicted molar refractivity (Wildman–Crippen MR) is 115 cm³/mol. The molecule has 0 aromatic carbocycles. The van der Waals surface area contributed by atoms with Gasteiger partial charge in [0.05, 0.1) is 5.41 Å². The molecule has 0 aliphatic rings. The summed E-state index contributed by atoms with van der Waals surface area (Å²) in [5, 5.41) is 17.3. The maximum Gasteiger partial charge on any atom is 0.325 e. The minimum atomic E-state index is -5.10. The maximum absolute atomic E-state index is 12.4. The van der Waals surface area contributed by atoms with Crippen molar-refractivity contribution in [1.29, 1.82) is 0 Å². The third-order valence-electron chi connectivity index (χ3n) is 5.84. The standard InChI is InChI=1S/C20H38O7S.K/c1-5-9-11-15(7-3)13-20(19(23)24,14-16(8-4)12-10-6-2)17(18(21)22)28(25,26)27;/h15-17H,5-14H2,1-4H3,(H,21,22)(H,23,24)(H,25,26,27);. The summed E-state index contributed by atoms with van der Waals surface area (Å²) in [6.07, 6.45) is 6.02. The minimum absolute atomic E-state index is 0. The van der Waals surface area contributed by atoms with E-state index in [0.29, 0.717) is 25.7 Å². The number of hydrogen-bond acceptors (Lipinski definition) is 4. The molecule has 0 saturated heterocycles. The molecule has 3 N–H and O–H groups in total. The zero-order valence-corrected chi connectivity index (χ0v) is 22.6. The predicted octanol–water partition coefficient (Wildman–Crippen LogP) is 4.23. The van der Waals surface area contributed by atoms with Crippen LogP contribution in [0.1, 0.15) is 91.9 Å². The Labute approximate surface area is 218 Å². The van der Waals surface area contributed by atoms with Gasteiger partial charge in [0.25, 0.3) is 10.1 Å². The molecule has 0 heterocycles. The SMILES string of the molecule is CCCCC(CC)CC(CC(CC)CCCC)(C(=O)O)C(C(=O)O)S(=O)(=O)O.[K]. The van der Waals surface area contributed by atoms with Gasteiger partial charge in [-0.05, 0) is 24.7 Å². The van der Waals surface area contributed by atoms with Crippen molar-refractivity contribution in [2.75, 3.05) is 0 Å². The van der Waals surface area contributed by atoms with Crippen molar-refractivity contribution in [1.82, 2.24) is 0 Å². The summed E-state index contributed by atoms with van der Waals surface area (Å²) >= 11 is 0. The molecule has 0 bridgehead atoms. The van der Waals surface area contributed by atoms with Crippen molar-refractivity contribution in [3.05, 3.63) is 0 Å². The molecule has 0 rings (SSSR count). The Kier molecular flexibility index (Phi) is 16.7. The third kappa shape index (κ3) is 10.1. The average Bonchev–Trinajstić information content (AvgIpc) is 2.59. The zero-order chi connectivity index (χ0) is 22.0. The van der Waals surface area contributed by atoms with Crippen LogP contribution in [0.4, 0.5) is 0 Å². The second kappa shape index (κ2) is 15.3. The second-order valence-electron chi connectivity index (χ2n) is 7.94. The van der Waals surface area contributed by atoms with Gasteiger partial charge in [-0.15, -0.1) is 0 Å². The molecule has 0 fully saturated rings. The number of carboxylic acids is 2. The van der Waals surface area contributed by atoms with E-state index in [4.69, 9.17) is 0 Å². The van der Waals surface area contributed by atoms with Crippen molar-refractivity contribution >= 4 is 73.4 Å². The summed E-state index contributed by atoms with van der Waals surface area (Å²) in [6.45, 7) is 7.80. The van der Waals surface area contributed by atoms with Crippen molar-refractivity contribution in [3.63, 3.8) is 0 Å². The molecule has 3 unspecified atom stereocenters. The van der Waals surface area contributed by atoms with E-state index in [9.17, 15) is 32.8 Å². The number of rotatable bonds is 16. The minimum Gasteiger partial charge on any atom is -0.481 e. The van der Waals surface area contributed by atoms with Gasteiger partial charge in [0.1, 0.15) is 0 Å². The van der Waals surface area contributed by atoms with E-state index < -0.39 is 32.7 Å². The first kappa shape index (κ1) is 31.7. The van der Waals surface area contributed by atoms with E-state index in [0.717, 1.165) is 25.7 Å². The summed E-state index contributed by atoms with van der Waals surface area (Å²) in [7, 11) is -5.10. The Balaban J connectivity index is 0. The zero-order valence-electron chi connectivity index (χ0n) is 18.7. The van der Waals surface area contributed by atoms with Crippen molar-refractivity contribution in [2.45, 2.75) is 97.2 Å². The van der Waals surface area contributed by atoms with Gasteiger partial charge in [0.15, 0.2) is 5.25 Å². The molecule has 29 heavy (non-hydrogen) atoms. The van der Waals surface area contributed by atoms with Crippen LogP contribution in [0.25, 0.3) is 0 Å². The molecule has 0 spiro atoms. The second-order valence-corrected chi connectivity index (χ2v) is 9.44. The van der Waals surface area contributed by atoms with Crippen LogP contribution in [0.15, 0.2) is 0 Å². The molecule has 0 aliphatic heterocycles. The van der Waals surface area contributed by atoms with E-state index >= 15 is 0 Å². The van der Waals surface area contributed by atoms with Crippen LogP contribution in [0, 0.1) is 17.3 Å². The average molecular weight is 462 g/mol. The van der Waals surface area contributed by atoms with Gasteiger partial charge in [-0.3, -0.25) is 14.1 Å². The molecule has 7 nitrogen and oxygen atoms in total. The number of aliphatic carboxylic acids is 2. The van der Waals surface area contributed by atoms with Gasteiger partial charge < -0.3 is 10.2 Å². The first-order valence-corrected chi connectivity index (χ1v) is 11.9. The van der Waals surface area contributed by atoms with Gasteiger partial charge in [0, 0.05) is 51.4 Å². The first-order valence-electron chi connectivity index (χ1n) is 10.4. The summed E-state index contributed by atoms with van der Waals surface area (Å²) < 4.78 is 33.7. The number of carboxylic acid groups (broad SMARTS) is 2. The number of unbranched alkanes of at least 4 members (excludes halogenated alkanes) is 2. The topological polar surface area (TPSA) is 129 Å². The Hall–Kier alpha value is 0.486. The van der Waals surface area contributed by atoms with Gasteiger partial charge in [-0.25, -0.2) is 0 Å². The molecule has 0 aromatic heterocycles. The molecule has 1 radical (unpaired) electrons. The quantitative estimate of drug-likeness (QED) is 0.232. The fourth-order valence-electron chi connectivity index (χ4n) is 4.15. The fraction of sp³-hybridized carbons (Fsp3) is 0.900. The Morgan fingerprint density at radius 1 is 0.862 bits per heavy atom. The van der Waals surface area contributed by atoms with Crippen molar-refractivity contribution in [2.24, 2.45) is 17.3 Å². The molecule has 0 amide bonds. The normalized spacial score (nSPS) is 16.9. The maximum atomic E-state index is 12.4. The summed E-state index contributed by atoms with van der Waals surface area (Å²) in [5.41, 5.74) is -2.05. The molecule has 9 heteroatoms. The first-order chi connectivity index (χ1) is 13.0. The van der Waals surface area contributed by atoms with Gasteiger partial charge in [-0.1, -0.05) is 79.1 Å². The molecule has 167 valence electrons. The van der Waals surface area contributed by atoms with Gasteiger partial charge in [-0.2, -0.15) is 8.42 Å². The molecular formula is C20H38KO7S. The van der Waals surface area contributed by atoms with Crippen LogP contribution in [0.5, 0.6) is 0 Å². The number of hydrogen-bond donors (Lipinski definition) is 3. The van der Waals surface area contributed by atoms with Crippen LogP contribution in [-0.4, -0.2) is 91.8 Å². The smallest absolute Gasteiger partial charge is 0.325 e. The van der Waals surface area contributed by atoms with Crippen LogP contribution in [0.3, 0.4) is 0 Å². The molecule has 0 aromatic rings. The molecule has 0 aliphatic carbocycles. The fourth-order valence-corrected chi connectivity index (χ4v) is 5.27. The third-order valence-corrected chi connectivity index (χ3v) is 7.09. The summed E-state index contributed by atoms with van der Waals surface area (Å²) in [4.78, 5) is 24.3.